The molecule has 0 amide bonds. The first-order chi connectivity index (χ1) is 7.13. The Morgan fingerprint density at radius 2 is 2.27 bits per heavy atom. The van der Waals surface area contributed by atoms with Gasteiger partial charge in [-0.05, 0) is 35.6 Å². The van der Waals surface area contributed by atoms with Crippen molar-refractivity contribution in [2.24, 2.45) is 0 Å². The smallest absolute Gasteiger partial charge is 0.151 e. The molecule has 0 N–H and O–H groups in total. The number of rotatable bonds is 2. The highest BCUT2D eigenvalue weighted by Crippen LogP contribution is 2.08. The summed E-state index contributed by atoms with van der Waals surface area (Å²) < 4.78 is 2.87. The van der Waals surface area contributed by atoms with Crippen molar-refractivity contribution in [3.05, 3.63) is 38.7 Å². The van der Waals surface area contributed by atoms with Gasteiger partial charge in [0, 0.05) is 11.9 Å². The van der Waals surface area contributed by atoms with Crippen LogP contribution in [0.2, 0.25) is 5.15 Å². The number of hydrogen-bond donors (Lipinski definition) is 0. The molecule has 0 spiro atoms. The van der Waals surface area contributed by atoms with Crippen LogP contribution in [0.15, 0.2) is 18.5 Å². The second-order valence-corrected chi connectivity index (χ2v) is 4.74. The summed E-state index contributed by atoms with van der Waals surface area (Å²) in [5, 5.41) is 4.63. The van der Waals surface area contributed by atoms with Gasteiger partial charge in [0.05, 0.1) is 9.77 Å². The molecule has 0 bridgehead atoms. The molecule has 0 aromatic carbocycles. The van der Waals surface area contributed by atoms with Crippen molar-refractivity contribution in [1.29, 1.82) is 0 Å². The van der Waals surface area contributed by atoms with Gasteiger partial charge in [0.15, 0.2) is 5.82 Å². The minimum atomic E-state index is 0.472. The van der Waals surface area contributed by atoms with Crippen molar-refractivity contribution >= 4 is 34.2 Å². The molecule has 2 aromatic heterocycles. The average Bonchev–Trinajstić information content (AvgIpc) is 2.49. The third-order valence-electron chi connectivity index (χ3n) is 1.77. The zero-order valence-electron chi connectivity index (χ0n) is 7.98. The van der Waals surface area contributed by atoms with E-state index in [9.17, 15) is 0 Å². The molecule has 6 heteroatoms. The van der Waals surface area contributed by atoms with Gasteiger partial charge < -0.3 is 0 Å². The molecular formula is C9H8ClIN4. The molecule has 0 aliphatic heterocycles. The zero-order valence-corrected chi connectivity index (χ0v) is 10.9. The molecule has 0 unspecified atom stereocenters. The maximum atomic E-state index is 5.84. The zero-order chi connectivity index (χ0) is 10.8. The maximum absolute atomic E-state index is 5.84. The first-order valence-corrected chi connectivity index (χ1v) is 5.77. The lowest BCUT2D eigenvalue weighted by molar-refractivity contribution is 0.652. The Kier molecular flexibility index (Phi) is 3.20. The SMILES string of the molecule is Cc1cc(Cl)nc(Cn2cc(I)cn2)n1. The molecule has 0 radical (unpaired) electrons. The van der Waals surface area contributed by atoms with Crippen LogP contribution in [0.4, 0.5) is 0 Å². The first-order valence-electron chi connectivity index (χ1n) is 4.31. The largest absolute Gasteiger partial charge is 0.264 e. The molecule has 2 rings (SSSR count). The van der Waals surface area contributed by atoms with E-state index in [4.69, 9.17) is 11.6 Å². The second kappa shape index (κ2) is 4.44. The molecule has 0 saturated carbocycles. The van der Waals surface area contributed by atoms with E-state index < -0.39 is 0 Å². The Balaban J connectivity index is 2.24. The van der Waals surface area contributed by atoms with Crippen molar-refractivity contribution in [1.82, 2.24) is 19.7 Å². The van der Waals surface area contributed by atoms with Gasteiger partial charge in [-0.1, -0.05) is 11.6 Å². The van der Waals surface area contributed by atoms with E-state index in [1.807, 2.05) is 13.1 Å². The lowest BCUT2D eigenvalue weighted by Gasteiger charge is -2.02. The molecule has 0 saturated heterocycles. The van der Waals surface area contributed by atoms with Gasteiger partial charge in [0.2, 0.25) is 0 Å². The van der Waals surface area contributed by atoms with Crippen molar-refractivity contribution in [3.8, 4) is 0 Å². The Labute approximate surface area is 106 Å². The Bertz CT molecular complexity index is 462. The minimum Gasteiger partial charge on any atom is -0.264 e. The van der Waals surface area contributed by atoms with Gasteiger partial charge in [-0.15, -0.1) is 0 Å². The first kappa shape index (κ1) is 10.8. The van der Waals surface area contributed by atoms with Crippen molar-refractivity contribution in [3.63, 3.8) is 0 Å². The van der Waals surface area contributed by atoms with Gasteiger partial charge in [-0.3, -0.25) is 4.68 Å². The maximum Gasteiger partial charge on any atom is 0.151 e. The Morgan fingerprint density at radius 1 is 1.47 bits per heavy atom. The summed E-state index contributed by atoms with van der Waals surface area (Å²) in [5.41, 5.74) is 0.867. The summed E-state index contributed by atoms with van der Waals surface area (Å²) in [4.78, 5) is 8.41. The van der Waals surface area contributed by atoms with E-state index in [0.717, 1.165) is 9.26 Å². The number of aryl methyl sites for hydroxylation is 1. The van der Waals surface area contributed by atoms with Crippen LogP contribution in [0.25, 0.3) is 0 Å². The van der Waals surface area contributed by atoms with E-state index in [2.05, 4.69) is 37.7 Å². The van der Waals surface area contributed by atoms with Crippen molar-refractivity contribution < 1.29 is 0 Å². The molecular weight excluding hydrogens is 326 g/mol. The summed E-state index contributed by atoms with van der Waals surface area (Å²) in [6.45, 7) is 2.44. The van der Waals surface area contributed by atoms with Crippen molar-refractivity contribution in [2.45, 2.75) is 13.5 Å². The third kappa shape index (κ3) is 2.88. The molecule has 2 heterocycles. The summed E-state index contributed by atoms with van der Waals surface area (Å²) in [6, 6.07) is 1.73. The number of nitrogens with zero attached hydrogens (tertiary/aromatic N) is 4. The molecule has 0 atom stereocenters. The van der Waals surface area contributed by atoms with Gasteiger partial charge in [0.1, 0.15) is 11.7 Å². The predicted molar refractivity (Wildman–Crippen MR) is 65.8 cm³/mol. The number of hydrogen-bond acceptors (Lipinski definition) is 3. The van der Waals surface area contributed by atoms with Gasteiger partial charge in [-0.25, -0.2) is 9.97 Å². The van der Waals surface area contributed by atoms with Gasteiger partial charge in [0.25, 0.3) is 0 Å². The molecule has 0 aliphatic carbocycles. The predicted octanol–water partition coefficient (Wildman–Crippen LogP) is 2.29. The van der Waals surface area contributed by atoms with Crippen molar-refractivity contribution in [2.75, 3.05) is 0 Å². The number of halogens is 2. The van der Waals surface area contributed by atoms with Crippen LogP contribution in [0.3, 0.4) is 0 Å². The molecule has 4 nitrogen and oxygen atoms in total. The second-order valence-electron chi connectivity index (χ2n) is 3.10. The Hall–Kier alpha value is -0.690. The molecule has 0 aliphatic rings. The highest BCUT2D eigenvalue weighted by Gasteiger charge is 2.02. The van der Waals surface area contributed by atoms with E-state index >= 15 is 0 Å². The van der Waals surface area contributed by atoms with Crippen LogP contribution in [-0.4, -0.2) is 19.7 Å². The standard InChI is InChI=1S/C9H8ClIN4/c1-6-2-8(10)14-9(13-6)5-15-4-7(11)3-12-15/h2-4H,5H2,1H3. The lowest BCUT2D eigenvalue weighted by atomic mass is 10.4. The highest BCUT2D eigenvalue weighted by atomic mass is 127. The van der Waals surface area contributed by atoms with Crippen LogP contribution in [0.1, 0.15) is 11.5 Å². The van der Waals surface area contributed by atoms with Crippen LogP contribution >= 0.6 is 34.2 Å². The average molecular weight is 335 g/mol. The molecule has 78 valence electrons. The van der Waals surface area contributed by atoms with E-state index in [1.54, 1.807) is 16.9 Å². The lowest BCUT2D eigenvalue weighted by Crippen LogP contribution is -2.05. The highest BCUT2D eigenvalue weighted by molar-refractivity contribution is 14.1. The summed E-state index contributed by atoms with van der Waals surface area (Å²) in [6.07, 6.45) is 3.72. The van der Waals surface area contributed by atoms with Crippen LogP contribution in [0, 0.1) is 10.5 Å². The van der Waals surface area contributed by atoms with E-state index in [0.29, 0.717) is 17.5 Å². The number of aromatic nitrogens is 4. The summed E-state index contributed by atoms with van der Waals surface area (Å²) in [5.74, 6) is 0.680. The fourth-order valence-corrected chi connectivity index (χ4v) is 1.93. The topological polar surface area (TPSA) is 43.6 Å². The Morgan fingerprint density at radius 3 is 2.87 bits per heavy atom. The molecule has 0 fully saturated rings. The van der Waals surface area contributed by atoms with Crippen LogP contribution in [0.5, 0.6) is 0 Å². The third-order valence-corrected chi connectivity index (χ3v) is 2.53. The summed E-state index contributed by atoms with van der Waals surface area (Å²) >= 11 is 8.05. The van der Waals surface area contributed by atoms with E-state index in [-0.39, 0.29) is 0 Å². The fourth-order valence-electron chi connectivity index (χ4n) is 1.23. The quantitative estimate of drug-likeness (QED) is 0.625. The van der Waals surface area contributed by atoms with Gasteiger partial charge in [-0.2, -0.15) is 5.10 Å². The molecule has 2 aromatic rings. The normalized spacial score (nSPS) is 10.6. The summed E-state index contributed by atoms with van der Waals surface area (Å²) in [7, 11) is 0. The van der Waals surface area contributed by atoms with Crippen LogP contribution in [-0.2, 0) is 6.54 Å². The van der Waals surface area contributed by atoms with Gasteiger partial charge >= 0.3 is 0 Å². The monoisotopic (exact) mass is 334 g/mol. The van der Waals surface area contributed by atoms with Crippen LogP contribution < -0.4 is 0 Å². The fraction of sp³-hybridized carbons (Fsp3) is 0.222. The van der Waals surface area contributed by atoms with E-state index in [1.165, 1.54) is 0 Å². The minimum absolute atomic E-state index is 0.472. The molecule has 15 heavy (non-hydrogen) atoms.